The van der Waals surface area contributed by atoms with Crippen molar-refractivity contribution in [2.45, 2.75) is 19.6 Å². The SMILES string of the molecule is CC(O)CNc1cc(OC(F)F)c(F)cc1N. The number of nitrogens with one attached hydrogen (secondary N) is 1. The monoisotopic (exact) mass is 250 g/mol. The Morgan fingerprint density at radius 3 is 2.65 bits per heavy atom. The van der Waals surface area contributed by atoms with Crippen molar-refractivity contribution in [3.05, 3.63) is 17.9 Å². The van der Waals surface area contributed by atoms with Gasteiger partial charge in [-0.3, -0.25) is 0 Å². The average molecular weight is 250 g/mol. The molecule has 0 aliphatic carbocycles. The number of nitrogens with two attached hydrogens (primary N) is 1. The molecule has 0 amide bonds. The lowest BCUT2D eigenvalue weighted by Gasteiger charge is -2.13. The van der Waals surface area contributed by atoms with Gasteiger partial charge >= 0.3 is 6.61 Å². The molecule has 1 aromatic carbocycles. The number of alkyl halides is 2. The summed E-state index contributed by atoms with van der Waals surface area (Å²) in [5, 5.41) is 11.7. The van der Waals surface area contributed by atoms with Gasteiger partial charge in [-0.1, -0.05) is 0 Å². The third-order valence-corrected chi connectivity index (χ3v) is 1.91. The minimum absolute atomic E-state index is 0.0461. The fraction of sp³-hybridized carbons (Fsp3) is 0.400. The first-order valence-corrected chi connectivity index (χ1v) is 4.86. The van der Waals surface area contributed by atoms with Gasteiger partial charge in [0.1, 0.15) is 0 Å². The fourth-order valence-corrected chi connectivity index (χ4v) is 1.17. The van der Waals surface area contributed by atoms with Crippen molar-refractivity contribution in [2.75, 3.05) is 17.6 Å². The van der Waals surface area contributed by atoms with Gasteiger partial charge in [-0.25, -0.2) is 4.39 Å². The lowest BCUT2D eigenvalue weighted by molar-refractivity contribution is -0.0521. The predicted octanol–water partition coefficient (Wildman–Crippen LogP) is 1.80. The molecule has 0 spiro atoms. The summed E-state index contributed by atoms with van der Waals surface area (Å²) in [6.45, 7) is -1.43. The minimum atomic E-state index is -3.11. The Kier molecular flexibility index (Phi) is 4.45. The molecule has 0 radical (unpaired) electrons. The van der Waals surface area contributed by atoms with E-state index in [1.807, 2.05) is 0 Å². The highest BCUT2D eigenvalue weighted by atomic mass is 19.3. The van der Waals surface area contributed by atoms with Crippen molar-refractivity contribution >= 4 is 11.4 Å². The second-order valence-electron chi connectivity index (χ2n) is 3.48. The molecule has 1 atom stereocenters. The highest BCUT2D eigenvalue weighted by Gasteiger charge is 2.13. The molecule has 17 heavy (non-hydrogen) atoms. The number of aliphatic hydroxyl groups excluding tert-OH is 1. The molecule has 0 aliphatic rings. The maximum atomic E-state index is 13.2. The largest absolute Gasteiger partial charge is 0.432 e. The first-order chi connectivity index (χ1) is 7.90. The molecule has 1 aromatic rings. The van der Waals surface area contributed by atoms with Gasteiger partial charge in [-0.15, -0.1) is 0 Å². The maximum Gasteiger partial charge on any atom is 0.387 e. The van der Waals surface area contributed by atoms with Gasteiger partial charge in [0.2, 0.25) is 0 Å². The van der Waals surface area contributed by atoms with E-state index in [0.29, 0.717) is 0 Å². The predicted molar refractivity (Wildman–Crippen MR) is 57.6 cm³/mol. The second kappa shape index (κ2) is 5.62. The third-order valence-electron chi connectivity index (χ3n) is 1.91. The number of anilines is 2. The van der Waals surface area contributed by atoms with E-state index in [2.05, 4.69) is 10.1 Å². The molecule has 1 rings (SSSR count). The van der Waals surface area contributed by atoms with Crippen LogP contribution >= 0.6 is 0 Å². The lowest BCUT2D eigenvalue weighted by Crippen LogP contribution is -2.16. The number of ether oxygens (including phenoxy) is 1. The molecular formula is C10H13F3N2O2. The number of halogens is 3. The lowest BCUT2D eigenvalue weighted by atomic mass is 10.2. The Bertz CT molecular complexity index is 386. The number of rotatable bonds is 5. The molecule has 0 aromatic heterocycles. The van der Waals surface area contributed by atoms with E-state index in [9.17, 15) is 13.2 Å². The van der Waals surface area contributed by atoms with Gasteiger partial charge in [0.15, 0.2) is 11.6 Å². The van der Waals surface area contributed by atoms with Crippen LogP contribution in [0.1, 0.15) is 6.92 Å². The van der Waals surface area contributed by atoms with Crippen LogP contribution in [0.15, 0.2) is 12.1 Å². The van der Waals surface area contributed by atoms with Gasteiger partial charge in [-0.05, 0) is 6.92 Å². The molecule has 0 fully saturated rings. The zero-order valence-electron chi connectivity index (χ0n) is 9.08. The van der Waals surface area contributed by atoms with Crippen molar-refractivity contribution in [3.63, 3.8) is 0 Å². The van der Waals surface area contributed by atoms with Crippen molar-refractivity contribution in [1.82, 2.24) is 0 Å². The first kappa shape index (κ1) is 13.4. The Hall–Kier alpha value is -1.63. The Balaban J connectivity index is 2.89. The minimum Gasteiger partial charge on any atom is -0.432 e. The molecule has 0 saturated carbocycles. The Labute approximate surface area is 96.2 Å². The van der Waals surface area contributed by atoms with E-state index < -0.39 is 24.3 Å². The molecule has 0 aliphatic heterocycles. The summed E-state index contributed by atoms with van der Waals surface area (Å²) >= 11 is 0. The molecule has 7 heteroatoms. The summed E-state index contributed by atoms with van der Waals surface area (Å²) in [5.41, 5.74) is 5.75. The number of nitrogen functional groups attached to an aromatic ring is 1. The smallest absolute Gasteiger partial charge is 0.387 e. The van der Waals surface area contributed by atoms with Gasteiger partial charge in [0.25, 0.3) is 0 Å². The van der Waals surface area contributed by atoms with Gasteiger partial charge in [0.05, 0.1) is 17.5 Å². The van der Waals surface area contributed by atoms with E-state index in [4.69, 9.17) is 10.8 Å². The molecule has 4 N–H and O–H groups in total. The average Bonchev–Trinajstić information content (AvgIpc) is 2.19. The number of benzene rings is 1. The van der Waals surface area contributed by atoms with Gasteiger partial charge < -0.3 is 20.9 Å². The van der Waals surface area contributed by atoms with Crippen LogP contribution < -0.4 is 15.8 Å². The molecule has 0 bridgehead atoms. The molecule has 0 heterocycles. The summed E-state index contributed by atoms with van der Waals surface area (Å²) in [6, 6.07) is 1.90. The van der Waals surface area contributed by atoms with Gasteiger partial charge in [0, 0.05) is 18.7 Å². The molecule has 96 valence electrons. The molecular weight excluding hydrogens is 237 g/mol. The van der Waals surface area contributed by atoms with Crippen LogP contribution in [0, 0.1) is 5.82 Å². The fourth-order valence-electron chi connectivity index (χ4n) is 1.17. The molecule has 1 unspecified atom stereocenters. The van der Waals surface area contributed by atoms with Crippen molar-refractivity contribution in [2.24, 2.45) is 0 Å². The van der Waals surface area contributed by atoms with Crippen LogP contribution in [0.3, 0.4) is 0 Å². The first-order valence-electron chi connectivity index (χ1n) is 4.86. The zero-order chi connectivity index (χ0) is 13.0. The Morgan fingerprint density at radius 2 is 2.12 bits per heavy atom. The van der Waals surface area contributed by atoms with Crippen LogP contribution in [0.25, 0.3) is 0 Å². The third kappa shape index (κ3) is 4.03. The van der Waals surface area contributed by atoms with Gasteiger partial charge in [-0.2, -0.15) is 8.78 Å². The summed E-state index contributed by atoms with van der Waals surface area (Å²) in [5.74, 6) is -1.56. The summed E-state index contributed by atoms with van der Waals surface area (Å²) in [6.07, 6.45) is -0.654. The number of aliphatic hydroxyl groups is 1. The summed E-state index contributed by atoms with van der Waals surface area (Å²) in [4.78, 5) is 0. The van der Waals surface area contributed by atoms with Crippen LogP contribution in [0.4, 0.5) is 24.5 Å². The summed E-state index contributed by atoms with van der Waals surface area (Å²) < 4.78 is 41.1. The maximum absolute atomic E-state index is 13.2. The number of hydrogen-bond donors (Lipinski definition) is 3. The highest BCUT2D eigenvalue weighted by Crippen LogP contribution is 2.29. The molecule has 0 saturated heterocycles. The standard InChI is InChI=1S/C10H13F3N2O2/c1-5(16)4-15-8-3-9(17-10(12)13)6(11)2-7(8)14/h2-3,5,10,15-16H,4,14H2,1H3. The van der Waals surface area contributed by atoms with E-state index in [-0.39, 0.29) is 17.9 Å². The topological polar surface area (TPSA) is 67.5 Å². The molecule has 4 nitrogen and oxygen atoms in total. The van der Waals surface area contributed by atoms with E-state index in [0.717, 1.165) is 12.1 Å². The van der Waals surface area contributed by atoms with Crippen molar-refractivity contribution < 1.29 is 23.0 Å². The quantitative estimate of drug-likeness (QED) is 0.697. The van der Waals surface area contributed by atoms with E-state index in [1.54, 1.807) is 0 Å². The van der Waals surface area contributed by atoms with Crippen LogP contribution in [0.5, 0.6) is 5.75 Å². The Morgan fingerprint density at radius 1 is 1.47 bits per heavy atom. The van der Waals surface area contributed by atoms with Crippen molar-refractivity contribution in [3.8, 4) is 5.75 Å². The van der Waals surface area contributed by atoms with E-state index in [1.165, 1.54) is 6.92 Å². The second-order valence-corrected chi connectivity index (χ2v) is 3.48. The highest BCUT2D eigenvalue weighted by molar-refractivity contribution is 5.68. The summed E-state index contributed by atoms with van der Waals surface area (Å²) in [7, 11) is 0. The van der Waals surface area contributed by atoms with Crippen LogP contribution in [-0.4, -0.2) is 24.4 Å². The normalized spacial score (nSPS) is 12.6. The van der Waals surface area contributed by atoms with Crippen LogP contribution in [-0.2, 0) is 0 Å². The van der Waals surface area contributed by atoms with Crippen LogP contribution in [0.2, 0.25) is 0 Å². The zero-order valence-corrected chi connectivity index (χ0v) is 9.08. The number of hydrogen-bond acceptors (Lipinski definition) is 4. The van der Waals surface area contributed by atoms with E-state index >= 15 is 0 Å². The van der Waals surface area contributed by atoms with Crippen molar-refractivity contribution in [1.29, 1.82) is 0 Å².